The zero-order valence-electron chi connectivity index (χ0n) is 17.3. The number of carbonyl (C=O) groups is 1. The van der Waals surface area contributed by atoms with Gasteiger partial charge in [-0.1, -0.05) is 36.0 Å². The van der Waals surface area contributed by atoms with Crippen molar-refractivity contribution in [2.75, 3.05) is 5.75 Å². The van der Waals surface area contributed by atoms with Crippen molar-refractivity contribution in [3.8, 4) is 0 Å². The van der Waals surface area contributed by atoms with Crippen molar-refractivity contribution in [3.05, 3.63) is 94.4 Å². The second-order valence-electron chi connectivity index (χ2n) is 7.30. The normalized spacial score (nSPS) is 11.3. The van der Waals surface area contributed by atoms with Crippen molar-refractivity contribution in [1.82, 2.24) is 24.5 Å². The SMILES string of the molecule is O=C(CSc1nnc2n(Cc3ccc(F)cc3)c(=O)c3ccccc3n12)NCc1ccco1. The minimum atomic E-state index is -0.346. The highest BCUT2D eigenvalue weighted by Gasteiger charge is 2.18. The van der Waals surface area contributed by atoms with Gasteiger partial charge in [-0.05, 0) is 42.0 Å². The molecule has 33 heavy (non-hydrogen) atoms. The van der Waals surface area contributed by atoms with Crippen molar-refractivity contribution in [3.63, 3.8) is 0 Å². The van der Waals surface area contributed by atoms with E-state index in [1.165, 1.54) is 28.5 Å². The highest BCUT2D eigenvalue weighted by Crippen LogP contribution is 2.22. The number of halogens is 1. The molecule has 0 aliphatic carbocycles. The Bertz CT molecular complexity index is 1490. The third-order valence-corrected chi connectivity index (χ3v) is 6.03. The molecule has 0 unspecified atom stereocenters. The first-order valence-corrected chi connectivity index (χ1v) is 11.1. The molecule has 166 valence electrons. The number of para-hydroxylation sites is 1. The smallest absolute Gasteiger partial charge is 0.263 e. The summed E-state index contributed by atoms with van der Waals surface area (Å²) >= 11 is 1.22. The van der Waals surface area contributed by atoms with E-state index < -0.39 is 0 Å². The lowest BCUT2D eigenvalue weighted by atomic mass is 10.2. The van der Waals surface area contributed by atoms with Gasteiger partial charge in [0.15, 0.2) is 5.16 Å². The molecule has 0 aliphatic rings. The van der Waals surface area contributed by atoms with Gasteiger partial charge in [-0.15, -0.1) is 10.2 Å². The quantitative estimate of drug-likeness (QED) is 0.373. The first-order valence-electron chi connectivity index (χ1n) is 10.1. The molecule has 0 spiro atoms. The number of rotatable bonds is 7. The Morgan fingerprint density at radius 1 is 1.06 bits per heavy atom. The molecule has 1 N–H and O–H groups in total. The number of carbonyl (C=O) groups excluding carboxylic acids is 1. The highest BCUT2D eigenvalue weighted by atomic mass is 32.2. The van der Waals surface area contributed by atoms with Gasteiger partial charge in [-0.3, -0.25) is 18.6 Å². The number of amides is 1. The van der Waals surface area contributed by atoms with Crippen LogP contribution in [0, 0.1) is 5.82 Å². The van der Waals surface area contributed by atoms with Crippen LogP contribution in [0.15, 0.2) is 81.3 Å². The van der Waals surface area contributed by atoms with Crippen LogP contribution in [0.5, 0.6) is 0 Å². The average molecular weight is 463 g/mol. The van der Waals surface area contributed by atoms with Gasteiger partial charge in [0.2, 0.25) is 11.7 Å². The second-order valence-corrected chi connectivity index (χ2v) is 8.24. The van der Waals surface area contributed by atoms with Gasteiger partial charge in [0.1, 0.15) is 11.6 Å². The lowest BCUT2D eigenvalue weighted by Crippen LogP contribution is -2.25. The minimum absolute atomic E-state index is 0.118. The number of benzene rings is 2. The van der Waals surface area contributed by atoms with Gasteiger partial charge in [0, 0.05) is 0 Å². The lowest BCUT2D eigenvalue weighted by Gasteiger charge is -2.11. The van der Waals surface area contributed by atoms with Crippen molar-refractivity contribution in [2.45, 2.75) is 18.2 Å². The molecule has 1 amide bonds. The molecule has 3 aromatic heterocycles. The van der Waals surface area contributed by atoms with Crippen LogP contribution < -0.4 is 10.9 Å². The number of aromatic nitrogens is 4. The Morgan fingerprint density at radius 3 is 2.67 bits per heavy atom. The summed E-state index contributed by atoms with van der Waals surface area (Å²) in [6, 6.07) is 16.7. The summed E-state index contributed by atoms with van der Waals surface area (Å²) in [5.74, 6) is 0.601. The van der Waals surface area contributed by atoms with Crippen LogP contribution in [-0.2, 0) is 17.9 Å². The van der Waals surface area contributed by atoms with Crippen LogP contribution in [0.2, 0.25) is 0 Å². The van der Waals surface area contributed by atoms with Crippen LogP contribution >= 0.6 is 11.8 Å². The Labute approximate surface area is 191 Å². The zero-order valence-corrected chi connectivity index (χ0v) is 18.1. The van der Waals surface area contributed by atoms with Crippen LogP contribution in [0.1, 0.15) is 11.3 Å². The Balaban J connectivity index is 1.47. The van der Waals surface area contributed by atoms with Gasteiger partial charge in [0.05, 0.1) is 36.0 Å². The van der Waals surface area contributed by atoms with E-state index >= 15 is 0 Å². The first-order chi connectivity index (χ1) is 16.1. The molecular formula is C23H18FN5O3S. The summed E-state index contributed by atoms with van der Waals surface area (Å²) in [5, 5.41) is 12.3. The molecule has 10 heteroatoms. The van der Waals surface area contributed by atoms with Gasteiger partial charge >= 0.3 is 0 Å². The van der Waals surface area contributed by atoms with Crippen LogP contribution in [-0.4, -0.2) is 30.8 Å². The molecule has 0 atom stereocenters. The van der Waals surface area contributed by atoms with Crippen molar-refractivity contribution in [2.24, 2.45) is 0 Å². The predicted octanol–water partition coefficient (Wildman–Crippen LogP) is 3.23. The summed E-state index contributed by atoms with van der Waals surface area (Å²) in [5.41, 5.74) is 1.18. The average Bonchev–Trinajstić information content (AvgIpc) is 3.50. The maximum Gasteiger partial charge on any atom is 0.263 e. The number of nitrogens with one attached hydrogen (secondary N) is 1. The summed E-state index contributed by atoms with van der Waals surface area (Å²) < 4.78 is 21.8. The van der Waals surface area contributed by atoms with E-state index in [0.29, 0.717) is 34.1 Å². The lowest BCUT2D eigenvalue weighted by molar-refractivity contribution is -0.118. The van der Waals surface area contributed by atoms with Crippen molar-refractivity contribution in [1.29, 1.82) is 0 Å². The van der Waals surface area contributed by atoms with Crippen molar-refractivity contribution >= 4 is 34.3 Å². The summed E-state index contributed by atoms with van der Waals surface area (Å²) in [6.45, 7) is 0.507. The molecule has 0 radical (unpaired) electrons. The second kappa shape index (κ2) is 8.91. The molecule has 5 aromatic rings. The molecule has 0 aliphatic heterocycles. The number of fused-ring (bicyclic) bond motifs is 3. The third-order valence-electron chi connectivity index (χ3n) is 5.10. The fraction of sp³-hybridized carbons (Fsp3) is 0.130. The van der Waals surface area contributed by atoms with Crippen LogP contribution in [0.25, 0.3) is 16.7 Å². The Hall–Kier alpha value is -3.92. The van der Waals surface area contributed by atoms with E-state index in [-0.39, 0.29) is 29.6 Å². The maximum absolute atomic E-state index is 13.3. The highest BCUT2D eigenvalue weighted by molar-refractivity contribution is 7.99. The van der Waals surface area contributed by atoms with Gasteiger partial charge < -0.3 is 9.73 Å². The molecule has 2 aromatic carbocycles. The Morgan fingerprint density at radius 2 is 1.88 bits per heavy atom. The molecule has 5 rings (SSSR count). The number of nitrogens with zero attached hydrogens (tertiary/aromatic N) is 4. The van der Waals surface area contributed by atoms with Gasteiger partial charge in [0.25, 0.3) is 5.56 Å². The maximum atomic E-state index is 13.3. The molecule has 8 nitrogen and oxygen atoms in total. The van der Waals surface area contributed by atoms with Crippen molar-refractivity contribution < 1.29 is 13.6 Å². The standard InChI is InChI=1S/C23H18FN5O3S/c24-16-9-7-15(8-10-16)13-28-21(31)18-5-1-2-6-19(18)29-22(28)26-27-23(29)33-14-20(30)25-12-17-4-3-11-32-17/h1-11H,12-14H2,(H,25,30). The molecule has 0 saturated heterocycles. The topological polar surface area (TPSA) is 94.4 Å². The minimum Gasteiger partial charge on any atom is -0.467 e. The number of thioether (sulfide) groups is 1. The fourth-order valence-corrected chi connectivity index (χ4v) is 4.29. The first kappa shape index (κ1) is 21.0. The van der Waals surface area contributed by atoms with E-state index in [4.69, 9.17) is 4.42 Å². The summed E-state index contributed by atoms with van der Waals surface area (Å²) in [7, 11) is 0. The molecular weight excluding hydrogens is 445 g/mol. The molecule has 0 bridgehead atoms. The van der Waals surface area contributed by atoms with Crippen LogP contribution in [0.4, 0.5) is 4.39 Å². The third kappa shape index (κ3) is 4.24. The number of furan rings is 1. The largest absolute Gasteiger partial charge is 0.467 e. The zero-order chi connectivity index (χ0) is 22.8. The van der Waals surface area contributed by atoms with E-state index in [9.17, 15) is 14.0 Å². The predicted molar refractivity (Wildman–Crippen MR) is 122 cm³/mol. The fourth-order valence-electron chi connectivity index (χ4n) is 3.52. The monoisotopic (exact) mass is 463 g/mol. The summed E-state index contributed by atoms with van der Waals surface area (Å²) in [4.78, 5) is 25.5. The van der Waals surface area contributed by atoms with Gasteiger partial charge in [-0.2, -0.15) is 0 Å². The van der Waals surface area contributed by atoms with E-state index in [2.05, 4.69) is 15.5 Å². The molecule has 0 fully saturated rings. The van der Waals surface area contributed by atoms with E-state index in [0.717, 1.165) is 5.56 Å². The van der Waals surface area contributed by atoms with Crippen LogP contribution in [0.3, 0.4) is 0 Å². The summed E-state index contributed by atoms with van der Waals surface area (Å²) in [6.07, 6.45) is 1.55. The molecule has 3 heterocycles. The van der Waals surface area contributed by atoms with Gasteiger partial charge in [-0.25, -0.2) is 4.39 Å². The molecule has 0 saturated carbocycles. The number of hydrogen-bond acceptors (Lipinski definition) is 6. The Kier molecular flexibility index (Phi) is 5.66. The number of hydrogen-bond donors (Lipinski definition) is 1. The van der Waals surface area contributed by atoms with E-state index in [1.807, 2.05) is 12.1 Å². The van der Waals surface area contributed by atoms with E-state index in [1.54, 1.807) is 47.1 Å².